The molecule has 0 aromatic rings. The Labute approximate surface area is 547 Å². The third-order valence-electron chi connectivity index (χ3n) is 16.7. The fraction of sp³-hybridized carbons (Fsp3) is 0.713. The molecule has 1 fully saturated rings. The zero-order valence-electron chi connectivity index (χ0n) is 57.1. The summed E-state index contributed by atoms with van der Waals surface area (Å²) in [6.45, 7) is 3.69. The molecule has 7 unspecified atom stereocenters. The van der Waals surface area contributed by atoms with Crippen LogP contribution in [0.4, 0.5) is 0 Å². The second-order valence-electron chi connectivity index (χ2n) is 25.0. The maximum Gasteiger partial charge on any atom is 0.220 e. The van der Waals surface area contributed by atoms with Gasteiger partial charge in [0.2, 0.25) is 5.91 Å². The van der Waals surface area contributed by atoms with Crippen molar-refractivity contribution in [2.75, 3.05) is 13.2 Å². The summed E-state index contributed by atoms with van der Waals surface area (Å²) >= 11 is 0. The molecule has 510 valence electrons. The molecule has 0 aromatic carbocycles. The molecule has 1 heterocycles. The van der Waals surface area contributed by atoms with Crippen molar-refractivity contribution in [3.63, 3.8) is 0 Å². The second kappa shape index (κ2) is 67.2. The summed E-state index contributed by atoms with van der Waals surface area (Å²) in [7, 11) is 0. The fourth-order valence-corrected chi connectivity index (χ4v) is 11.0. The van der Waals surface area contributed by atoms with Gasteiger partial charge < -0.3 is 40.3 Å². The highest BCUT2D eigenvalue weighted by atomic mass is 16.7. The Morgan fingerprint density at radius 1 is 0.393 bits per heavy atom. The van der Waals surface area contributed by atoms with Crippen molar-refractivity contribution in [1.82, 2.24) is 5.32 Å². The lowest BCUT2D eigenvalue weighted by Crippen LogP contribution is -2.60. The van der Waals surface area contributed by atoms with Crippen LogP contribution in [0.2, 0.25) is 0 Å². The average Bonchev–Trinajstić information content (AvgIpc) is 2.59. The number of unbranched alkanes of at least 4 members (excludes halogenated alkanes) is 33. The molecule has 7 atom stereocenters. The van der Waals surface area contributed by atoms with Crippen LogP contribution in [0.1, 0.15) is 309 Å². The number of carbonyl (C=O) groups is 1. The summed E-state index contributed by atoms with van der Waals surface area (Å²) in [6, 6.07) is -0.818. The summed E-state index contributed by atoms with van der Waals surface area (Å²) in [6.07, 6.45) is 95.5. The SMILES string of the molecule is CC/C=C\C/C=C\C/C=C\C/C=C\C/C=C\C/C=C\C/C=C\C/C=C\C/C=C\C/C=C\CCCCCCCCCCCCC(=O)NC(COC1OC(CO)C(O)C(O)C1O)C(O)/C=C/CCCCCCCCCCCCCCCCCCCCCCCCC. The number of amides is 1. The molecule has 1 aliphatic rings. The monoisotopic (exact) mass is 1240 g/mol. The van der Waals surface area contributed by atoms with Crippen LogP contribution in [0, 0.1) is 0 Å². The van der Waals surface area contributed by atoms with E-state index >= 15 is 0 Å². The van der Waals surface area contributed by atoms with Crippen molar-refractivity contribution in [3.8, 4) is 0 Å². The smallest absolute Gasteiger partial charge is 0.220 e. The van der Waals surface area contributed by atoms with E-state index in [-0.39, 0.29) is 12.5 Å². The zero-order chi connectivity index (χ0) is 64.2. The van der Waals surface area contributed by atoms with Crippen molar-refractivity contribution in [3.05, 3.63) is 134 Å². The first kappa shape index (κ1) is 83.3. The first-order valence-electron chi connectivity index (χ1n) is 36.9. The summed E-state index contributed by atoms with van der Waals surface area (Å²) in [5, 5.41) is 54.8. The van der Waals surface area contributed by atoms with Gasteiger partial charge in [-0.05, 0) is 96.3 Å². The summed E-state index contributed by atoms with van der Waals surface area (Å²) in [4.78, 5) is 13.1. The Hall–Kier alpha value is -3.67. The molecule has 9 heteroatoms. The van der Waals surface area contributed by atoms with Gasteiger partial charge in [0.05, 0.1) is 25.4 Å². The number of hydrogen-bond donors (Lipinski definition) is 6. The van der Waals surface area contributed by atoms with Gasteiger partial charge in [-0.3, -0.25) is 4.79 Å². The molecular weight excluding hydrogens is 1100 g/mol. The lowest BCUT2D eigenvalue weighted by atomic mass is 9.99. The van der Waals surface area contributed by atoms with Crippen LogP contribution in [0.5, 0.6) is 0 Å². The van der Waals surface area contributed by atoms with Gasteiger partial charge in [-0.1, -0.05) is 340 Å². The maximum absolute atomic E-state index is 13.1. The number of carbonyl (C=O) groups excluding carboxylic acids is 1. The molecule has 9 nitrogen and oxygen atoms in total. The van der Waals surface area contributed by atoms with Crippen molar-refractivity contribution >= 4 is 5.91 Å². The highest BCUT2D eigenvalue weighted by Gasteiger charge is 2.44. The van der Waals surface area contributed by atoms with E-state index in [1.165, 1.54) is 173 Å². The number of ether oxygens (including phenoxy) is 2. The predicted octanol–water partition coefficient (Wildman–Crippen LogP) is 20.8. The normalized spacial score (nSPS) is 18.7. The van der Waals surface area contributed by atoms with E-state index in [4.69, 9.17) is 9.47 Å². The molecule has 0 aliphatic carbocycles. The molecule has 89 heavy (non-hydrogen) atoms. The average molecular weight is 1240 g/mol. The van der Waals surface area contributed by atoms with Crippen LogP contribution >= 0.6 is 0 Å². The van der Waals surface area contributed by atoms with Gasteiger partial charge in [0.15, 0.2) is 6.29 Å². The number of hydrogen-bond acceptors (Lipinski definition) is 8. The molecule has 0 saturated carbocycles. The molecule has 1 aliphatic heterocycles. The maximum atomic E-state index is 13.1. The highest BCUT2D eigenvalue weighted by Crippen LogP contribution is 2.23. The quantitative estimate of drug-likeness (QED) is 0.0261. The lowest BCUT2D eigenvalue weighted by molar-refractivity contribution is -0.302. The number of allylic oxidation sites excluding steroid dienone is 21. The Bertz CT molecular complexity index is 1870. The molecular formula is C80H137NO8. The summed E-state index contributed by atoms with van der Waals surface area (Å²) in [5.41, 5.74) is 0. The van der Waals surface area contributed by atoms with Crippen molar-refractivity contribution < 1.29 is 39.8 Å². The molecule has 1 saturated heterocycles. The standard InChI is InChI=1S/C80H137NO8/c1-3-5-7-9-11-13-15-17-19-21-23-25-27-29-30-31-32-33-34-35-36-37-38-39-40-41-42-43-44-46-48-50-52-54-56-58-60-62-64-66-68-70-76(84)81-73(72-88-80-79(87)78(86)77(85)75(71-82)89-80)74(83)69-67-65-63-61-59-57-55-53-51-49-47-45-28-26-24-22-20-18-16-14-12-10-8-6-4-2/h5,7,11,13,17,19,23,25,29-30,32-33,35-36,38-39,41-42,44,46,67,69,73-75,77-80,82-83,85-87H,3-4,6,8-10,12,14-16,18,20-22,24,26-28,31,34,37,40,43,45,47-66,68,70-72H2,1-2H3,(H,81,84)/b7-5-,13-11-,19-17-,25-23-,30-29-,33-32-,36-35-,39-38-,42-41-,46-44-,69-67+. The van der Waals surface area contributed by atoms with E-state index in [1.54, 1.807) is 6.08 Å². The number of aliphatic hydroxyl groups excluding tert-OH is 5. The minimum atomic E-state index is -1.58. The molecule has 1 amide bonds. The number of rotatable bonds is 63. The van der Waals surface area contributed by atoms with Crippen molar-refractivity contribution in [1.29, 1.82) is 0 Å². The van der Waals surface area contributed by atoms with E-state index in [1.807, 2.05) is 6.08 Å². The van der Waals surface area contributed by atoms with Crippen LogP contribution in [0.15, 0.2) is 134 Å². The van der Waals surface area contributed by atoms with Gasteiger partial charge in [0.25, 0.3) is 0 Å². The van der Waals surface area contributed by atoms with Crippen LogP contribution < -0.4 is 5.32 Å². The first-order chi connectivity index (χ1) is 43.8. The van der Waals surface area contributed by atoms with Gasteiger partial charge in [-0.2, -0.15) is 0 Å². The van der Waals surface area contributed by atoms with E-state index in [9.17, 15) is 30.3 Å². The topological polar surface area (TPSA) is 149 Å². The number of aliphatic hydroxyl groups is 5. The van der Waals surface area contributed by atoms with Crippen LogP contribution in [0.3, 0.4) is 0 Å². The third kappa shape index (κ3) is 55.7. The van der Waals surface area contributed by atoms with Gasteiger partial charge in [-0.15, -0.1) is 0 Å². The molecule has 6 N–H and O–H groups in total. The Balaban J connectivity index is 2.14. The molecule has 0 spiro atoms. The molecule has 0 bridgehead atoms. The van der Waals surface area contributed by atoms with Gasteiger partial charge in [0.1, 0.15) is 24.4 Å². The summed E-state index contributed by atoms with van der Waals surface area (Å²) < 4.78 is 11.3. The van der Waals surface area contributed by atoms with Crippen molar-refractivity contribution in [2.45, 2.75) is 352 Å². The highest BCUT2D eigenvalue weighted by molar-refractivity contribution is 5.76. The fourth-order valence-electron chi connectivity index (χ4n) is 11.0. The van der Waals surface area contributed by atoms with Gasteiger partial charge >= 0.3 is 0 Å². The van der Waals surface area contributed by atoms with Gasteiger partial charge in [-0.25, -0.2) is 0 Å². The number of nitrogens with one attached hydrogen (secondary N) is 1. The van der Waals surface area contributed by atoms with Crippen LogP contribution in [0.25, 0.3) is 0 Å². The molecule has 0 aromatic heterocycles. The summed E-state index contributed by atoms with van der Waals surface area (Å²) in [5.74, 6) is -0.183. The Kier molecular flexibility index (Phi) is 63.0. The van der Waals surface area contributed by atoms with E-state index < -0.39 is 49.5 Å². The minimum Gasteiger partial charge on any atom is -0.394 e. The van der Waals surface area contributed by atoms with Crippen LogP contribution in [-0.2, 0) is 14.3 Å². The van der Waals surface area contributed by atoms with E-state index in [0.717, 1.165) is 116 Å². The Morgan fingerprint density at radius 2 is 0.697 bits per heavy atom. The third-order valence-corrected chi connectivity index (χ3v) is 16.7. The van der Waals surface area contributed by atoms with E-state index in [2.05, 4.69) is 141 Å². The minimum absolute atomic E-state index is 0.183. The largest absolute Gasteiger partial charge is 0.394 e. The second-order valence-corrected chi connectivity index (χ2v) is 25.0. The van der Waals surface area contributed by atoms with Crippen LogP contribution in [-0.4, -0.2) is 87.5 Å². The molecule has 1 rings (SSSR count). The zero-order valence-corrected chi connectivity index (χ0v) is 57.1. The first-order valence-corrected chi connectivity index (χ1v) is 36.9. The Morgan fingerprint density at radius 3 is 1.03 bits per heavy atom. The predicted molar refractivity (Wildman–Crippen MR) is 382 cm³/mol. The van der Waals surface area contributed by atoms with Gasteiger partial charge in [0, 0.05) is 6.42 Å². The molecule has 0 radical (unpaired) electrons. The lowest BCUT2D eigenvalue weighted by Gasteiger charge is -2.40. The van der Waals surface area contributed by atoms with E-state index in [0.29, 0.717) is 6.42 Å². The van der Waals surface area contributed by atoms with Crippen molar-refractivity contribution in [2.24, 2.45) is 0 Å².